The first-order chi connectivity index (χ1) is 12.0. The van der Waals surface area contributed by atoms with Crippen LogP contribution in [0.25, 0.3) is 0 Å². The van der Waals surface area contributed by atoms with Crippen LogP contribution in [0.15, 0.2) is 24.3 Å². The Morgan fingerprint density at radius 3 is 2.84 bits per heavy atom. The number of hydrogen-bond donors (Lipinski definition) is 1. The fourth-order valence-corrected chi connectivity index (χ4v) is 2.71. The van der Waals surface area contributed by atoms with E-state index >= 15 is 0 Å². The van der Waals surface area contributed by atoms with E-state index < -0.39 is 17.8 Å². The molecule has 0 bridgehead atoms. The molecule has 0 radical (unpaired) electrons. The van der Waals surface area contributed by atoms with Crippen molar-refractivity contribution < 1.29 is 23.9 Å². The monoisotopic (exact) mass is 368 g/mol. The number of carbonyl (C=O) groups excluding carboxylic acids is 3. The Bertz CT molecular complexity index is 637. The molecule has 1 aliphatic rings. The Hall–Kier alpha value is -2.12. The summed E-state index contributed by atoms with van der Waals surface area (Å²) in [6, 6.07) is 7.25. The van der Waals surface area contributed by atoms with Gasteiger partial charge in [0.1, 0.15) is 0 Å². The van der Waals surface area contributed by atoms with Crippen LogP contribution < -0.4 is 5.32 Å². The van der Waals surface area contributed by atoms with E-state index in [4.69, 9.17) is 21.1 Å². The molecule has 2 rings (SSSR count). The van der Waals surface area contributed by atoms with Gasteiger partial charge in [-0.2, -0.15) is 0 Å². The Kier molecular flexibility index (Phi) is 7.21. The first kappa shape index (κ1) is 19.2. The number of methoxy groups -OCH3 is 1. The van der Waals surface area contributed by atoms with Gasteiger partial charge in [-0.25, -0.2) is 0 Å². The predicted octanol–water partition coefficient (Wildman–Crippen LogP) is 0.994. The van der Waals surface area contributed by atoms with Crippen molar-refractivity contribution in [2.75, 3.05) is 33.4 Å². The zero-order valence-electron chi connectivity index (χ0n) is 14.0. The SMILES string of the molecule is COCCNC(=O)COC(=O)[C@H]1CC(=O)N(Cc2ccccc2Cl)C1. The van der Waals surface area contributed by atoms with E-state index in [1.54, 1.807) is 11.0 Å². The van der Waals surface area contributed by atoms with Gasteiger partial charge in [-0.15, -0.1) is 0 Å². The summed E-state index contributed by atoms with van der Waals surface area (Å²) in [6.07, 6.45) is 0.0780. The van der Waals surface area contributed by atoms with Gasteiger partial charge >= 0.3 is 5.97 Å². The van der Waals surface area contributed by atoms with Crippen LogP contribution in [0.5, 0.6) is 0 Å². The number of nitrogens with zero attached hydrogens (tertiary/aromatic N) is 1. The fraction of sp³-hybridized carbons (Fsp3) is 0.471. The van der Waals surface area contributed by atoms with Crippen molar-refractivity contribution >= 4 is 29.4 Å². The molecule has 0 aliphatic carbocycles. The first-order valence-corrected chi connectivity index (χ1v) is 8.32. The molecule has 136 valence electrons. The summed E-state index contributed by atoms with van der Waals surface area (Å²) < 4.78 is 9.80. The summed E-state index contributed by atoms with van der Waals surface area (Å²) in [4.78, 5) is 37.2. The molecule has 0 saturated carbocycles. The molecule has 1 atom stereocenters. The lowest BCUT2D eigenvalue weighted by molar-refractivity contribution is -0.152. The van der Waals surface area contributed by atoms with Crippen molar-refractivity contribution in [3.8, 4) is 0 Å². The summed E-state index contributed by atoms with van der Waals surface area (Å²) >= 11 is 6.10. The number of nitrogens with one attached hydrogen (secondary N) is 1. The zero-order valence-corrected chi connectivity index (χ0v) is 14.8. The van der Waals surface area contributed by atoms with Gasteiger partial charge in [0.2, 0.25) is 5.91 Å². The second kappa shape index (κ2) is 9.39. The highest BCUT2D eigenvalue weighted by Gasteiger charge is 2.35. The van der Waals surface area contributed by atoms with Crippen molar-refractivity contribution in [1.82, 2.24) is 10.2 Å². The zero-order chi connectivity index (χ0) is 18.2. The minimum atomic E-state index is -0.568. The number of likely N-dealkylation sites (tertiary alicyclic amines) is 1. The molecular weight excluding hydrogens is 348 g/mol. The maximum atomic E-state index is 12.1. The van der Waals surface area contributed by atoms with Crippen molar-refractivity contribution in [3.05, 3.63) is 34.9 Å². The van der Waals surface area contributed by atoms with E-state index in [-0.39, 0.29) is 25.5 Å². The lowest BCUT2D eigenvalue weighted by Crippen LogP contribution is -2.33. The van der Waals surface area contributed by atoms with E-state index in [2.05, 4.69) is 5.32 Å². The molecule has 0 aromatic heterocycles. The third-order valence-corrected chi connectivity index (χ3v) is 4.21. The largest absolute Gasteiger partial charge is 0.455 e. The van der Waals surface area contributed by atoms with Crippen molar-refractivity contribution in [1.29, 1.82) is 0 Å². The molecule has 0 spiro atoms. The number of benzene rings is 1. The standard InChI is InChI=1S/C17H21ClN2O5/c1-24-7-6-19-15(21)11-25-17(23)13-8-16(22)20(10-13)9-12-4-2-3-5-14(12)18/h2-5,13H,6-11H2,1H3,(H,19,21)/t13-/m0/s1. The maximum absolute atomic E-state index is 12.1. The average Bonchev–Trinajstić information content (AvgIpc) is 2.96. The van der Waals surface area contributed by atoms with E-state index in [0.29, 0.717) is 24.7 Å². The number of carbonyl (C=O) groups is 3. The molecule has 1 aromatic rings. The molecule has 1 saturated heterocycles. The molecular formula is C17H21ClN2O5. The van der Waals surface area contributed by atoms with Crippen LogP contribution >= 0.6 is 11.6 Å². The smallest absolute Gasteiger partial charge is 0.311 e. The van der Waals surface area contributed by atoms with E-state index in [1.165, 1.54) is 7.11 Å². The molecule has 1 heterocycles. The second-order valence-electron chi connectivity index (χ2n) is 5.72. The predicted molar refractivity (Wildman–Crippen MR) is 90.8 cm³/mol. The van der Waals surface area contributed by atoms with Gasteiger partial charge in [-0.1, -0.05) is 29.8 Å². The molecule has 1 fully saturated rings. The van der Waals surface area contributed by atoms with Crippen LogP contribution in [0.3, 0.4) is 0 Å². The second-order valence-corrected chi connectivity index (χ2v) is 6.12. The number of amides is 2. The molecule has 0 unspecified atom stereocenters. The molecule has 2 amide bonds. The summed E-state index contributed by atoms with van der Waals surface area (Å²) in [5.41, 5.74) is 0.823. The average molecular weight is 369 g/mol. The third kappa shape index (κ3) is 5.72. The van der Waals surface area contributed by atoms with Crippen LogP contribution in [0.2, 0.25) is 5.02 Å². The molecule has 1 aromatic carbocycles. The van der Waals surface area contributed by atoms with Gasteiger partial charge in [0, 0.05) is 38.2 Å². The van der Waals surface area contributed by atoms with Crippen LogP contribution in [-0.2, 0) is 30.4 Å². The summed E-state index contributed by atoms with van der Waals surface area (Å²) in [7, 11) is 1.53. The van der Waals surface area contributed by atoms with E-state index in [9.17, 15) is 14.4 Å². The Labute approximate surface area is 151 Å². The third-order valence-electron chi connectivity index (χ3n) is 3.84. The number of ether oxygens (including phenoxy) is 2. The molecule has 7 nitrogen and oxygen atoms in total. The van der Waals surface area contributed by atoms with Crippen molar-refractivity contribution in [2.24, 2.45) is 5.92 Å². The summed E-state index contributed by atoms with van der Waals surface area (Å²) in [6.45, 7) is 0.972. The molecule has 1 N–H and O–H groups in total. The quantitative estimate of drug-likeness (QED) is 0.546. The van der Waals surface area contributed by atoms with Crippen LogP contribution in [0.1, 0.15) is 12.0 Å². The lowest BCUT2D eigenvalue weighted by Gasteiger charge is -2.17. The van der Waals surface area contributed by atoms with E-state index in [1.807, 2.05) is 18.2 Å². The minimum absolute atomic E-state index is 0.0780. The highest BCUT2D eigenvalue weighted by atomic mass is 35.5. The normalized spacial score (nSPS) is 16.8. The Balaban J connectivity index is 1.80. The molecule has 25 heavy (non-hydrogen) atoms. The highest BCUT2D eigenvalue weighted by molar-refractivity contribution is 6.31. The van der Waals surface area contributed by atoms with Gasteiger partial charge in [-0.05, 0) is 11.6 Å². The Morgan fingerprint density at radius 1 is 1.36 bits per heavy atom. The molecule has 1 aliphatic heterocycles. The van der Waals surface area contributed by atoms with Gasteiger partial charge < -0.3 is 19.7 Å². The topological polar surface area (TPSA) is 84.9 Å². The van der Waals surface area contributed by atoms with Crippen molar-refractivity contribution in [2.45, 2.75) is 13.0 Å². The molecule has 8 heteroatoms. The van der Waals surface area contributed by atoms with Crippen LogP contribution in [0, 0.1) is 5.92 Å². The van der Waals surface area contributed by atoms with Gasteiger partial charge in [0.05, 0.1) is 12.5 Å². The lowest BCUT2D eigenvalue weighted by atomic mass is 10.1. The number of rotatable bonds is 8. The Morgan fingerprint density at radius 2 is 2.12 bits per heavy atom. The van der Waals surface area contributed by atoms with Gasteiger partial charge in [-0.3, -0.25) is 14.4 Å². The number of hydrogen-bond acceptors (Lipinski definition) is 5. The number of halogens is 1. The fourth-order valence-electron chi connectivity index (χ4n) is 2.51. The maximum Gasteiger partial charge on any atom is 0.311 e. The minimum Gasteiger partial charge on any atom is -0.455 e. The summed E-state index contributed by atoms with van der Waals surface area (Å²) in [5.74, 6) is -1.65. The summed E-state index contributed by atoms with van der Waals surface area (Å²) in [5, 5.41) is 3.13. The highest BCUT2D eigenvalue weighted by Crippen LogP contribution is 2.24. The number of esters is 1. The van der Waals surface area contributed by atoms with Crippen molar-refractivity contribution in [3.63, 3.8) is 0 Å². The van der Waals surface area contributed by atoms with Crippen LogP contribution in [-0.4, -0.2) is 56.1 Å². The van der Waals surface area contributed by atoms with Gasteiger partial charge in [0.25, 0.3) is 5.91 Å². The first-order valence-electron chi connectivity index (χ1n) is 7.94. The van der Waals surface area contributed by atoms with Crippen LogP contribution in [0.4, 0.5) is 0 Å². The van der Waals surface area contributed by atoms with E-state index in [0.717, 1.165) is 5.56 Å². The van der Waals surface area contributed by atoms with Gasteiger partial charge in [0.15, 0.2) is 6.61 Å².